The molecule has 5 nitrogen and oxygen atoms in total. The van der Waals surface area contributed by atoms with Gasteiger partial charge in [-0.1, -0.05) is 30.3 Å². The van der Waals surface area contributed by atoms with Crippen molar-refractivity contribution in [1.82, 2.24) is 9.99 Å². The molecule has 0 aliphatic carbocycles. The van der Waals surface area contributed by atoms with Gasteiger partial charge in [-0.05, 0) is 25.1 Å². The fourth-order valence-electron chi connectivity index (χ4n) is 2.69. The predicted octanol–water partition coefficient (Wildman–Crippen LogP) is 3.43. The zero-order valence-corrected chi connectivity index (χ0v) is 13.7. The lowest BCUT2D eigenvalue weighted by molar-refractivity contribution is 0.0952. The van der Waals surface area contributed by atoms with Gasteiger partial charge in [0.05, 0.1) is 18.9 Å². The minimum atomic E-state index is -0.303. The second-order valence-electron chi connectivity index (χ2n) is 5.29. The first kappa shape index (κ1) is 15.8. The largest absolute Gasteiger partial charge is 0.496 e. The van der Waals surface area contributed by atoms with Gasteiger partial charge in [0, 0.05) is 29.2 Å². The maximum atomic E-state index is 12.2. The molecule has 3 rings (SSSR count). The van der Waals surface area contributed by atoms with Crippen LogP contribution in [-0.4, -0.2) is 23.8 Å². The summed E-state index contributed by atoms with van der Waals surface area (Å²) in [6.07, 6.45) is 3.70. The molecule has 122 valence electrons. The topological polar surface area (TPSA) is 55.6 Å². The van der Waals surface area contributed by atoms with Crippen molar-refractivity contribution in [2.24, 2.45) is 5.10 Å². The third kappa shape index (κ3) is 3.01. The Morgan fingerprint density at radius 1 is 1.21 bits per heavy atom. The molecule has 2 aromatic carbocycles. The first-order valence-electron chi connectivity index (χ1n) is 7.79. The number of nitrogens with one attached hydrogen (secondary N) is 1. The molecule has 24 heavy (non-hydrogen) atoms. The van der Waals surface area contributed by atoms with Crippen LogP contribution in [0.15, 0.2) is 59.8 Å². The van der Waals surface area contributed by atoms with Crippen molar-refractivity contribution in [3.8, 4) is 5.75 Å². The maximum absolute atomic E-state index is 12.2. The van der Waals surface area contributed by atoms with Crippen LogP contribution in [0.25, 0.3) is 10.9 Å². The van der Waals surface area contributed by atoms with Crippen LogP contribution >= 0.6 is 0 Å². The van der Waals surface area contributed by atoms with E-state index in [2.05, 4.69) is 28.1 Å². The van der Waals surface area contributed by atoms with Crippen LogP contribution in [0.3, 0.4) is 0 Å². The highest BCUT2D eigenvalue weighted by Crippen LogP contribution is 2.20. The lowest BCUT2D eigenvalue weighted by atomic mass is 10.2. The number of methoxy groups -OCH3 is 1. The van der Waals surface area contributed by atoms with Crippen LogP contribution in [-0.2, 0) is 6.54 Å². The van der Waals surface area contributed by atoms with E-state index in [0.29, 0.717) is 11.3 Å². The summed E-state index contributed by atoms with van der Waals surface area (Å²) < 4.78 is 7.34. The zero-order chi connectivity index (χ0) is 16.9. The number of hydrogen-bond acceptors (Lipinski definition) is 3. The fraction of sp³-hybridized carbons (Fsp3) is 0.158. The number of rotatable bonds is 5. The second-order valence-corrected chi connectivity index (χ2v) is 5.29. The number of aryl methyl sites for hydroxylation is 1. The molecule has 0 spiro atoms. The van der Waals surface area contributed by atoms with E-state index in [1.807, 2.05) is 30.5 Å². The quantitative estimate of drug-likeness (QED) is 0.578. The van der Waals surface area contributed by atoms with Gasteiger partial charge >= 0.3 is 0 Å². The van der Waals surface area contributed by atoms with Crippen molar-refractivity contribution < 1.29 is 9.53 Å². The van der Waals surface area contributed by atoms with Crippen LogP contribution in [0.5, 0.6) is 5.75 Å². The van der Waals surface area contributed by atoms with Crippen molar-refractivity contribution in [3.05, 3.63) is 65.9 Å². The predicted molar refractivity (Wildman–Crippen MR) is 95.7 cm³/mol. The molecule has 0 fully saturated rings. The average molecular weight is 321 g/mol. The molecule has 3 aromatic rings. The molecular formula is C19H19N3O2. The highest BCUT2D eigenvalue weighted by Gasteiger charge is 2.10. The summed E-state index contributed by atoms with van der Waals surface area (Å²) in [5.41, 5.74) is 5.12. The number of ether oxygens (including phenoxy) is 1. The molecule has 5 heteroatoms. The van der Waals surface area contributed by atoms with E-state index in [4.69, 9.17) is 4.74 Å². The van der Waals surface area contributed by atoms with Gasteiger partial charge in [-0.25, -0.2) is 5.43 Å². The first-order valence-corrected chi connectivity index (χ1v) is 7.79. The van der Waals surface area contributed by atoms with Crippen molar-refractivity contribution in [2.45, 2.75) is 13.5 Å². The summed E-state index contributed by atoms with van der Waals surface area (Å²) in [7, 11) is 1.54. The second kappa shape index (κ2) is 7.00. The minimum absolute atomic E-state index is 0.303. The third-order valence-corrected chi connectivity index (χ3v) is 3.88. The fourth-order valence-corrected chi connectivity index (χ4v) is 2.69. The normalized spacial score (nSPS) is 11.1. The van der Waals surface area contributed by atoms with E-state index in [9.17, 15) is 4.79 Å². The SMILES string of the molecule is CCn1cc(/C=N/NC(=O)c2ccccc2OC)c2ccccc21. The summed E-state index contributed by atoms with van der Waals surface area (Å²) >= 11 is 0. The van der Waals surface area contributed by atoms with E-state index in [-0.39, 0.29) is 5.91 Å². The standard InChI is InChI=1S/C19H19N3O2/c1-3-22-13-14(15-8-4-6-10-17(15)22)12-20-21-19(23)16-9-5-7-11-18(16)24-2/h4-13H,3H2,1-2H3,(H,21,23)/b20-12+. The van der Waals surface area contributed by atoms with Crippen molar-refractivity contribution >= 4 is 23.0 Å². The minimum Gasteiger partial charge on any atom is -0.496 e. The van der Waals surface area contributed by atoms with Crippen molar-refractivity contribution in [1.29, 1.82) is 0 Å². The van der Waals surface area contributed by atoms with Gasteiger partial charge in [-0.3, -0.25) is 4.79 Å². The summed E-state index contributed by atoms with van der Waals surface area (Å²) in [4.78, 5) is 12.2. The zero-order valence-electron chi connectivity index (χ0n) is 13.7. The molecule has 0 bridgehead atoms. The smallest absolute Gasteiger partial charge is 0.275 e. The van der Waals surface area contributed by atoms with Gasteiger partial charge in [0.25, 0.3) is 5.91 Å². The van der Waals surface area contributed by atoms with E-state index >= 15 is 0 Å². The highest BCUT2D eigenvalue weighted by molar-refractivity contribution is 6.01. The van der Waals surface area contributed by atoms with Crippen LogP contribution in [0.2, 0.25) is 0 Å². The number of fused-ring (bicyclic) bond motifs is 1. The van der Waals surface area contributed by atoms with Gasteiger partial charge in [-0.2, -0.15) is 5.10 Å². The molecule has 1 N–H and O–H groups in total. The number of aromatic nitrogens is 1. The summed E-state index contributed by atoms with van der Waals surface area (Å²) in [6.45, 7) is 2.97. The molecule has 0 aliphatic rings. The number of carbonyl (C=O) groups excluding carboxylic acids is 1. The average Bonchev–Trinajstić information content (AvgIpc) is 2.99. The Labute approximate surface area is 140 Å². The Morgan fingerprint density at radius 2 is 1.96 bits per heavy atom. The molecule has 0 radical (unpaired) electrons. The number of hydrazone groups is 1. The lowest BCUT2D eigenvalue weighted by Gasteiger charge is -2.05. The van der Waals surface area contributed by atoms with Crippen molar-refractivity contribution in [3.63, 3.8) is 0 Å². The van der Waals surface area contributed by atoms with Crippen LogP contribution in [0.4, 0.5) is 0 Å². The molecule has 1 aromatic heterocycles. The van der Waals surface area contributed by atoms with Crippen molar-refractivity contribution in [2.75, 3.05) is 7.11 Å². The third-order valence-electron chi connectivity index (χ3n) is 3.88. The maximum Gasteiger partial charge on any atom is 0.275 e. The van der Waals surface area contributed by atoms with Gasteiger partial charge in [0.1, 0.15) is 5.75 Å². The lowest BCUT2D eigenvalue weighted by Crippen LogP contribution is -2.18. The number of carbonyl (C=O) groups is 1. The van der Waals surface area contributed by atoms with Gasteiger partial charge in [0.2, 0.25) is 0 Å². The first-order chi connectivity index (χ1) is 11.7. The summed E-state index contributed by atoms with van der Waals surface area (Å²) in [6, 6.07) is 15.2. The molecule has 1 heterocycles. The number of hydrogen-bond donors (Lipinski definition) is 1. The number of amides is 1. The Kier molecular flexibility index (Phi) is 4.61. The van der Waals surface area contributed by atoms with E-state index in [1.165, 1.54) is 7.11 Å². The molecule has 0 saturated carbocycles. The molecule has 0 atom stereocenters. The summed E-state index contributed by atoms with van der Waals surface area (Å²) in [5.74, 6) is 0.218. The number of nitrogens with zero attached hydrogens (tertiary/aromatic N) is 2. The van der Waals surface area contributed by atoms with Crippen LogP contribution in [0.1, 0.15) is 22.8 Å². The van der Waals surface area contributed by atoms with Gasteiger partial charge in [-0.15, -0.1) is 0 Å². The number of benzene rings is 2. The Hall–Kier alpha value is -3.08. The molecule has 0 unspecified atom stereocenters. The van der Waals surface area contributed by atoms with Gasteiger partial charge in [0.15, 0.2) is 0 Å². The Morgan fingerprint density at radius 3 is 2.75 bits per heavy atom. The molecule has 1 amide bonds. The van der Waals surface area contributed by atoms with Gasteiger partial charge < -0.3 is 9.30 Å². The van der Waals surface area contributed by atoms with E-state index < -0.39 is 0 Å². The Bertz CT molecular complexity index is 897. The molecule has 0 saturated heterocycles. The molecular weight excluding hydrogens is 302 g/mol. The number of para-hydroxylation sites is 2. The van der Waals surface area contributed by atoms with E-state index in [1.54, 1.807) is 24.4 Å². The highest BCUT2D eigenvalue weighted by atomic mass is 16.5. The Balaban J connectivity index is 1.81. The van der Waals surface area contributed by atoms with E-state index in [0.717, 1.165) is 23.0 Å². The summed E-state index contributed by atoms with van der Waals surface area (Å²) in [5, 5.41) is 5.20. The van der Waals surface area contributed by atoms with Crippen LogP contribution in [0, 0.1) is 0 Å². The molecule has 0 aliphatic heterocycles. The van der Waals surface area contributed by atoms with Crippen LogP contribution < -0.4 is 10.2 Å². The monoisotopic (exact) mass is 321 g/mol.